The van der Waals surface area contributed by atoms with Gasteiger partial charge in [0, 0.05) is 44.5 Å². The van der Waals surface area contributed by atoms with Gasteiger partial charge in [-0.1, -0.05) is 36.4 Å². The number of sulfone groups is 1. The third kappa shape index (κ3) is 5.41. The fraction of sp³-hybridized carbons (Fsp3) is 0.455. The topological polar surface area (TPSA) is 91.8 Å². The van der Waals surface area contributed by atoms with E-state index in [1.54, 1.807) is 6.20 Å². The van der Waals surface area contributed by atoms with Crippen molar-refractivity contribution in [1.29, 1.82) is 0 Å². The molecule has 4 rings (SSSR count). The summed E-state index contributed by atoms with van der Waals surface area (Å²) < 4.78 is 29.2. The quantitative estimate of drug-likeness (QED) is 0.711. The predicted molar refractivity (Wildman–Crippen MR) is 119 cm³/mol. The molecule has 1 N–H and O–H groups in total. The smallest absolute Gasteiger partial charge is 0.242 e. The van der Waals surface area contributed by atoms with E-state index in [0.717, 1.165) is 30.0 Å². The summed E-state index contributed by atoms with van der Waals surface area (Å²) >= 11 is 0. The van der Waals surface area contributed by atoms with Gasteiger partial charge in [0.15, 0.2) is 9.84 Å². The van der Waals surface area contributed by atoms with Crippen molar-refractivity contribution in [2.75, 3.05) is 55.8 Å². The SMILES string of the molecule is O=C(NCc1cccnc1N1CCOCC1)C(c1ccccc1)N1CCS(=O)(=O)CC1. The molecule has 0 radical (unpaired) electrons. The molecule has 2 saturated heterocycles. The largest absolute Gasteiger partial charge is 0.378 e. The third-order valence-electron chi connectivity index (χ3n) is 5.74. The maximum Gasteiger partial charge on any atom is 0.242 e. The molecule has 0 bridgehead atoms. The van der Waals surface area contributed by atoms with Crippen LogP contribution in [-0.2, 0) is 25.9 Å². The lowest BCUT2D eigenvalue weighted by atomic mass is 10.0. The Labute approximate surface area is 183 Å². The number of anilines is 1. The molecule has 1 aromatic heterocycles. The van der Waals surface area contributed by atoms with Crippen LogP contribution in [0.5, 0.6) is 0 Å². The average Bonchev–Trinajstić information content (AvgIpc) is 2.80. The monoisotopic (exact) mass is 444 g/mol. The molecule has 2 aromatic rings. The number of carbonyl (C=O) groups excluding carboxylic acids is 1. The summed E-state index contributed by atoms with van der Waals surface area (Å²) in [5.74, 6) is 0.884. The molecule has 1 aromatic carbocycles. The van der Waals surface area contributed by atoms with Gasteiger partial charge in [-0.3, -0.25) is 9.69 Å². The Bertz CT molecular complexity index is 980. The number of pyridine rings is 1. The van der Waals surface area contributed by atoms with Crippen LogP contribution in [0.25, 0.3) is 0 Å². The molecule has 1 atom stereocenters. The van der Waals surface area contributed by atoms with Crippen LogP contribution in [0.4, 0.5) is 5.82 Å². The van der Waals surface area contributed by atoms with E-state index in [2.05, 4.69) is 15.2 Å². The molecular weight excluding hydrogens is 416 g/mol. The summed E-state index contributed by atoms with van der Waals surface area (Å²) in [6.45, 7) is 3.92. The van der Waals surface area contributed by atoms with Gasteiger partial charge in [0.25, 0.3) is 0 Å². The predicted octanol–water partition coefficient (Wildman–Crippen LogP) is 1.01. The van der Waals surface area contributed by atoms with E-state index >= 15 is 0 Å². The van der Waals surface area contributed by atoms with Crippen LogP contribution in [0.1, 0.15) is 17.2 Å². The molecule has 2 aliphatic rings. The lowest BCUT2D eigenvalue weighted by Crippen LogP contribution is -2.47. The van der Waals surface area contributed by atoms with Crippen LogP contribution >= 0.6 is 0 Å². The van der Waals surface area contributed by atoms with E-state index in [0.29, 0.717) is 32.8 Å². The molecule has 3 heterocycles. The van der Waals surface area contributed by atoms with Crippen LogP contribution in [0.3, 0.4) is 0 Å². The highest BCUT2D eigenvalue weighted by atomic mass is 32.2. The Morgan fingerprint density at radius 3 is 2.45 bits per heavy atom. The molecule has 9 heteroatoms. The van der Waals surface area contributed by atoms with E-state index < -0.39 is 15.9 Å². The van der Waals surface area contributed by atoms with Crippen molar-refractivity contribution in [3.63, 3.8) is 0 Å². The van der Waals surface area contributed by atoms with Gasteiger partial charge in [0.05, 0.1) is 24.7 Å². The first-order valence-corrected chi connectivity index (χ1v) is 12.4. The summed E-state index contributed by atoms with van der Waals surface area (Å²) in [5.41, 5.74) is 1.81. The summed E-state index contributed by atoms with van der Waals surface area (Å²) in [6, 6.07) is 12.8. The second-order valence-electron chi connectivity index (χ2n) is 7.80. The van der Waals surface area contributed by atoms with Crippen molar-refractivity contribution >= 4 is 21.6 Å². The minimum absolute atomic E-state index is 0.0768. The highest BCUT2D eigenvalue weighted by molar-refractivity contribution is 7.91. The molecular formula is C22H28N4O4S. The van der Waals surface area contributed by atoms with Gasteiger partial charge >= 0.3 is 0 Å². The van der Waals surface area contributed by atoms with Crippen LogP contribution in [0.15, 0.2) is 48.7 Å². The molecule has 8 nitrogen and oxygen atoms in total. The number of benzene rings is 1. The first-order valence-electron chi connectivity index (χ1n) is 10.6. The van der Waals surface area contributed by atoms with Gasteiger partial charge in [-0.15, -0.1) is 0 Å². The Kier molecular flexibility index (Phi) is 6.84. The average molecular weight is 445 g/mol. The van der Waals surface area contributed by atoms with Gasteiger partial charge in [0.1, 0.15) is 11.9 Å². The van der Waals surface area contributed by atoms with E-state index in [-0.39, 0.29) is 17.4 Å². The fourth-order valence-electron chi connectivity index (χ4n) is 4.06. The van der Waals surface area contributed by atoms with Crippen molar-refractivity contribution < 1.29 is 17.9 Å². The maximum absolute atomic E-state index is 13.3. The van der Waals surface area contributed by atoms with Gasteiger partial charge in [-0.05, 0) is 11.6 Å². The van der Waals surface area contributed by atoms with Gasteiger partial charge in [-0.2, -0.15) is 0 Å². The Balaban J connectivity index is 1.50. The highest BCUT2D eigenvalue weighted by Crippen LogP contribution is 2.24. The number of rotatable bonds is 6. The molecule has 1 amide bonds. The number of hydrogen-bond acceptors (Lipinski definition) is 7. The van der Waals surface area contributed by atoms with Crippen molar-refractivity contribution in [1.82, 2.24) is 15.2 Å². The third-order valence-corrected chi connectivity index (χ3v) is 7.35. The number of ether oxygens (including phenoxy) is 1. The minimum atomic E-state index is -3.03. The zero-order chi connectivity index (χ0) is 21.7. The summed E-state index contributed by atoms with van der Waals surface area (Å²) in [4.78, 5) is 22.0. The first-order chi connectivity index (χ1) is 15.0. The molecule has 1 unspecified atom stereocenters. The molecule has 0 aliphatic carbocycles. The van der Waals surface area contributed by atoms with Gasteiger partial charge in [0.2, 0.25) is 5.91 Å². The summed E-state index contributed by atoms with van der Waals surface area (Å²) in [7, 11) is -3.03. The van der Waals surface area contributed by atoms with Crippen LogP contribution in [0.2, 0.25) is 0 Å². The number of nitrogens with one attached hydrogen (secondary N) is 1. The summed E-state index contributed by atoms with van der Waals surface area (Å²) in [5, 5.41) is 3.07. The molecule has 0 saturated carbocycles. The number of nitrogens with zero attached hydrogens (tertiary/aromatic N) is 3. The lowest BCUT2D eigenvalue weighted by Gasteiger charge is -2.34. The van der Waals surface area contributed by atoms with Crippen molar-refractivity contribution in [3.8, 4) is 0 Å². The van der Waals surface area contributed by atoms with E-state index in [9.17, 15) is 13.2 Å². The highest BCUT2D eigenvalue weighted by Gasteiger charge is 2.32. The lowest BCUT2D eigenvalue weighted by molar-refractivity contribution is -0.126. The summed E-state index contributed by atoms with van der Waals surface area (Å²) in [6.07, 6.45) is 1.76. The van der Waals surface area contributed by atoms with Crippen LogP contribution in [0, 0.1) is 0 Å². The molecule has 2 fully saturated rings. The Morgan fingerprint density at radius 1 is 1.03 bits per heavy atom. The van der Waals surface area contributed by atoms with Crippen molar-refractivity contribution in [3.05, 3.63) is 59.8 Å². The zero-order valence-electron chi connectivity index (χ0n) is 17.4. The first kappa shape index (κ1) is 21.7. The Hall–Kier alpha value is -2.49. The number of morpholine rings is 1. The number of carbonyl (C=O) groups is 1. The van der Waals surface area contributed by atoms with E-state index in [1.807, 2.05) is 47.4 Å². The van der Waals surface area contributed by atoms with Crippen LogP contribution < -0.4 is 10.2 Å². The molecule has 0 spiro atoms. The Morgan fingerprint density at radius 2 is 1.74 bits per heavy atom. The number of hydrogen-bond donors (Lipinski definition) is 1. The second kappa shape index (κ2) is 9.76. The van der Waals surface area contributed by atoms with Crippen molar-refractivity contribution in [2.45, 2.75) is 12.6 Å². The van der Waals surface area contributed by atoms with E-state index in [1.165, 1.54) is 0 Å². The molecule has 31 heavy (non-hydrogen) atoms. The normalized spacial score (nSPS) is 20.2. The van der Waals surface area contributed by atoms with Gasteiger partial charge in [-0.25, -0.2) is 13.4 Å². The van der Waals surface area contributed by atoms with Crippen LogP contribution in [-0.4, -0.2) is 75.1 Å². The minimum Gasteiger partial charge on any atom is -0.378 e. The maximum atomic E-state index is 13.3. The fourth-order valence-corrected chi connectivity index (χ4v) is 5.28. The number of aromatic nitrogens is 1. The van der Waals surface area contributed by atoms with E-state index in [4.69, 9.17) is 4.74 Å². The van der Waals surface area contributed by atoms with Crippen molar-refractivity contribution in [2.24, 2.45) is 0 Å². The zero-order valence-corrected chi connectivity index (χ0v) is 18.3. The van der Waals surface area contributed by atoms with Gasteiger partial charge < -0.3 is 15.0 Å². The number of amides is 1. The molecule has 166 valence electrons. The second-order valence-corrected chi connectivity index (χ2v) is 10.1. The molecule has 2 aliphatic heterocycles. The standard InChI is InChI=1S/C22H28N4O4S/c27-22(24-17-19-7-4-8-23-21(19)26-9-13-30-14-10-26)20(18-5-2-1-3-6-18)25-11-15-31(28,29)16-12-25/h1-8,20H,9-17H2,(H,24,27).